The molecule has 1 heterocycles. The zero-order valence-electron chi connectivity index (χ0n) is 25.4. The van der Waals surface area contributed by atoms with E-state index in [1.807, 2.05) is 30.5 Å². The number of aromatic amines is 1. The van der Waals surface area contributed by atoms with E-state index in [1.165, 1.54) is 64.2 Å². The summed E-state index contributed by atoms with van der Waals surface area (Å²) >= 11 is 0. The molecule has 0 saturated heterocycles. The van der Waals surface area contributed by atoms with Crippen LogP contribution in [0.3, 0.4) is 0 Å². The Morgan fingerprint density at radius 3 is 2.00 bits per heavy atom. The number of nitrogens with one attached hydrogen (secondary N) is 3. The molecule has 0 unspecified atom stereocenters. The molecule has 0 radical (unpaired) electrons. The first-order valence-corrected chi connectivity index (χ1v) is 16.1. The van der Waals surface area contributed by atoms with Crippen molar-refractivity contribution in [1.29, 1.82) is 0 Å². The maximum atomic E-state index is 13.2. The van der Waals surface area contributed by atoms with Crippen molar-refractivity contribution in [3.63, 3.8) is 0 Å². The van der Waals surface area contributed by atoms with E-state index >= 15 is 0 Å². The lowest BCUT2D eigenvalue weighted by Gasteiger charge is -2.22. The second-order valence-corrected chi connectivity index (χ2v) is 11.4. The SMILES string of the molecule is CCCCCCCCCCCCCCCC(=O)N[C@@H](CCCCN)C(=O)N[C@@H](Cc1c[nH]c2ccccc12)C(N)=O. The lowest BCUT2D eigenvalue weighted by atomic mass is 10.0. The monoisotopic (exact) mass is 569 g/mol. The van der Waals surface area contributed by atoms with Gasteiger partial charge in [0.25, 0.3) is 0 Å². The molecule has 0 aliphatic rings. The van der Waals surface area contributed by atoms with E-state index in [0.29, 0.717) is 25.8 Å². The maximum absolute atomic E-state index is 13.2. The molecule has 0 aliphatic carbocycles. The number of aromatic nitrogens is 1. The zero-order chi connectivity index (χ0) is 29.7. The topological polar surface area (TPSA) is 143 Å². The summed E-state index contributed by atoms with van der Waals surface area (Å²) in [6.07, 6.45) is 20.7. The van der Waals surface area contributed by atoms with Gasteiger partial charge in [-0.15, -0.1) is 0 Å². The maximum Gasteiger partial charge on any atom is 0.243 e. The quantitative estimate of drug-likeness (QED) is 0.102. The van der Waals surface area contributed by atoms with E-state index in [-0.39, 0.29) is 18.2 Å². The molecule has 0 spiro atoms. The average Bonchev–Trinajstić information content (AvgIpc) is 3.37. The Bertz CT molecular complexity index is 1020. The van der Waals surface area contributed by atoms with Gasteiger partial charge in [-0.3, -0.25) is 14.4 Å². The van der Waals surface area contributed by atoms with Crippen molar-refractivity contribution >= 4 is 28.6 Å². The number of hydrogen-bond acceptors (Lipinski definition) is 4. The van der Waals surface area contributed by atoms with Crippen LogP contribution in [0.1, 0.15) is 122 Å². The number of H-pyrrole nitrogens is 1. The zero-order valence-corrected chi connectivity index (χ0v) is 25.4. The van der Waals surface area contributed by atoms with Gasteiger partial charge in [-0.1, -0.05) is 102 Å². The minimum absolute atomic E-state index is 0.131. The molecule has 7 N–H and O–H groups in total. The fourth-order valence-corrected chi connectivity index (χ4v) is 5.35. The summed E-state index contributed by atoms with van der Waals surface area (Å²) in [6, 6.07) is 6.18. The molecule has 1 aromatic carbocycles. The van der Waals surface area contributed by atoms with Crippen molar-refractivity contribution < 1.29 is 14.4 Å². The van der Waals surface area contributed by atoms with Crippen LogP contribution in [0, 0.1) is 0 Å². The van der Waals surface area contributed by atoms with Crippen molar-refractivity contribution in [1.82, 2.24) is 15.6 Å². The third-order valence-corrected chi connectivity index (χ3v) is 7.86. The van der Waals surface area contributed by atoms with Crippen LogP contribution in [-0.2, 0) is 20.8 Å². The van der Waals surface area contributed by atoms with Crippen LogP contribution in [0.2, 0.25) is 0 Å². The van der Waals surface area contributed by atoms with Crippen LogP contribution in [0.4, 0.5) is 0 Å². The molecule has 0 bridgehead atoms. The number of nitrogens with two attached hydrogens (primary N) is 2. The van der Waals surface area contributed by atoms with Crippen LogP contribution >= 0.6 is 0 Å². The van der Waals surface area contributed by atoms with Gasteiger partial charge < -0.3 is 27.1 Å². The molecule has 2 rings (SSSR count). The van der Waals surface area contributed by atoms with Crippen molar-refractivity contribution in [3.05, 3.63) is 36.0 Å². The van der Waals surface area contributed by atoms with Crippen LogP contribution in [0.5, 0.6) is 0 Å². The fourth-order valence-electron chi connectivity index (χ4n) is 5.35. The molecular weight excluding hydrogens is 514 g/mol. The summed E-state index contributed by atoms with van der Waals surface area (Å²) in [5, 5.41) is 6.68. The van der Waals surface area contributed by atoms with Gasteiger partial charge >= 0.3 is 0 Å². The number of carbonyl (C=O) groups is 3. The molecule has 0 aliphatic heterocycles. The summed E-state index contributed by atoms with van der Waals surface area (Å²) < 4.78 is 0. The van der Waals surface area contributed by atoms with Gasteiger partial charge in [0.1, 0.15) is 12.1 Å². The van der Waals surface area contributed by atoms with Gasteiger partial charge in [0.05, 0.1) is 0 Å². The first-order valence-electron chi connectivity index (χ1n) is 16.1. The molecule has 2 aromatic rings. The molecule has 3 amide bonds. The number of hydrogen-bond donors (Lipinski definition) is 5. The largest absolute Gasteiger partial charge is 0.368 e. The van der Waals surface area contributed by atoms with Crippen molar-refractivity contribution in [2.75, 3.05) is 6.54 Å². The Morgan fingerprint density at radius 2 is 1.39 bits per heavy atom. The lowest BCUT2D eigenvalue weighted by Crippen LogP contribution is -2.53. The van der Waals surface area contributed by atoms with Gasteiger partial charge in [-0.2, -0.15) is 0 Å². The van der Waals surface area contributed by atoms with E-state index in [4.69, 9.17) is 11.5 Å². The Hall–Kier alpha value is -2.87. The smallest absolute Gasteiger partial charge is 0.243 e. The molecule has 0 fully saturated rings. The first-order chi connectivity index (χ1) is 20.0. The summed E-state index contributed by atoms with van der Waals surface area (Å²) in [7, 11) is 0. The number of fused-ring (bicyclic) bond motifs is 1. The van der Waals surface area contributed by atoms with E-state index in [1.54, 1.807) is 0 Å². The predicted molar refractivity (Wildman–Crippen MR) is 168 cm³/mol. The Balaban J connectivity index is 1.73. The fraction of sp³-hybridized carbons (Fsp3) is 0.667. The molecule has 41 heavy (non-hydrogen) atoms. The molecule has 2 atom stereocenters. The highest BCUT2D eigenvalue weighted by Crippen LogP contribution is 2.19. The minimum atomic E-state index is -0.878. The molecule has 1 aromatic heterocycles. The first kappa shape index (κ1) is 34.3. The third-order valence-electron chi connectivity index (χ3n) is 7.86. The predicted octanol–water partition coefficient (Wildman–Crippen LogP) is 5.78. The summed E-state index contributed by atoms with van der Waals surface area (Å²) in [4.78, 5) is 41.3. The van der Waals surface area contributed by atoms with Gasteiger partial charge in [0, 0.05) is 29.9 Å². The van der Waals surface area contributed by atoms with Crippen molar-refractivity contribution in [2.45, 2.75) is 135 Å². The Kier molecular flexibility index (Phi) is 17.5. The number of amides is 3. The standard InChI is InChI=1S/C33H55N5O3/c1-2-3-4-5-6-7-8-9-10-11-12-13-14-22-31(39)37-29(21-17-18-23-34)33(41)38-30(32(35)40)24-26-25-36-28-20-16-15-19-27(26)28/h15-16,19-20,25,29-30,36H,2-14,17-18,21-24,34H2,1H3,(H2,35,40)(H,37,39)(H,38,41)/t29-,30-/m0/s1. The van der Waals surface area contributed by atoms with Crippen molar-refractivity contribution in [3.8, 4) is 0 Å². The summed E-state index contributed by atoms with van der Waals surface area (Å²) in [6.45, 7) is 2.77. The number of primary amides is 1. The highest BCUT2D eigenvalue weighted by atomic mass is 16.2. The van der Waals surface area contributed by atoms with Gasteiger partial charge in [-0.25, -0.2) is 0 Å². The number of carbonyl (C=O) groups excluding carboxylic acids is 3. The summed E-state index contributed by atoms with van der Waals surface area (Å²) in [5.74, 6) is -1.12. The van der Waals surface area contributed by atoms with E-state index in [2.05, 4.69) is 22.5 Å². The normalized spacial score (nSPS) is 12.7. The highest BCUT2D eigenvalue weighted by Gasteiger charge is 2.26. The molecule has 0 saturated carbocycles. The Labute approximate surface area is 247 Å². The second-order valence-electron chi connectivity index (χ2n) is 11.4. The van der Waals surface area contributed by atoms with Crippen molar-refractivity contribution in [2.24, 2.45) is 11.5 Å². The average molecular weight is 570 g/mol. The van der Waals surface area contributed by atoms with Gasteiger partial charge in [0.2, 0.25) is 17.7 Å². The van der Waals surface area contributed by atoms with Gasteiger partial charge in [-0.05, 0) is 43.9 Å². The number of para-hydroxylation sites is 1. The number of unbranched alkanes of at least 4 members (excludes halogenated alkanes) is 13. The third kappa shape index (κ3) is 14.0. The summed E-state index contributed by atoms with van der Waals surface area (Å²) in [5.41, 5.74) is 13.2. The molecule has 8 nitrogen and oxygen atoms in total. The highest BCUT2D eigenvalue weighted by molar-refractivity contribution is 5.92. The van der Waals surface area contributed by atoms with E-state index < -0.39 is 18.0 Å². The Morgan fingerprint density at radius 1 is 0.780 bits per heavy atom. The van der Waals surface area contributed by atoms with Crippen LogP contribution in [0.15, 0.2) is 30.5 Å². The van der Waals surface area contributed by atoms with E-state index in [9.17, 15) is 14.4 Å². The molecule has 8 heteroatoms. The van der Waals surface area contributed by atoms with E-state index in [0.717, 1.165) is 42.1 Å². The molecular formula is C33H55N5O3. The number of rotatable bonds is 24. The van der Waals surface area contributed by atoms with Crippen LogP contribution < -0.4 is 22.1 Å². The minimum Gasteiger partial charge on any atom is -0.368 e. The van der Waals surface area contributed by atoms with Crippen LogP contribution in [-0.4, -0.2) is 41.3 Å². The van der Waals surface area contributed by atoms with Gasteiger partial charge in [0.15, 0.2) is 0 Å². The number of benzene rings is 1. The second kappa shape index (κ2) is 20.9. The molecule has 230 valence electrons. The lowest BCUT2D eigenvalue weighted by molar-refractivity contribution is -0.131. The van der Waals surface area contributed by atoms with Crippen LogP contribution in [0.25, 0.3) is 10.9 Å².